The summed E-state index contributed by atoms with van der Waals surface area (Å²) in [6.45, 7) is 4.79. The Hall–Kier alpha value is -1.24. The second kappa shape index (κ2) is 3.41. The Labute approximate surface area is 91.4 Å². The zero-order chi connectivity index (χ0) is 10.3. The Balaban J connectivity index is 2.03. The van der Waals surface area contributed by atoms with Gasteiger partial charge in [-0.05, 0) is 37.3 Å². The van der Waals surface area contributed by atoms with E-state index in [4.69, 9.17) is 0 Å². The van der Waals surface area contributed by atoms with Gasteiger partial charge in [0.2, 0.25) is 0 Å². The van der Waals surface area contributed by atoms with Crippen LogP contribution in [0.5, 0.6) is 0 Å². The van der Waals surface area contributed by atoms with Crippen molar-refractivity contribution in [2.45, 2.75) is 26.2 Å². The van der Waals surface area contributed by atoms with Crippen LogP contribution in [0.25, 0.3) is 5.70 Å². The lowest BCUT2D eigenvalue weighted by Gasteiger charge is -2.21. The van der Waals surface area contributed by atoms with Gasteiger partial charge in [0.25, 0.3) is 0 Å². The lowest BCUT2D eigenvalue weighted by Crippen LogP contribution is -2.17. The van der Waals surface area contributed by atoms with E-state index in [2.05, 4.69) is 36.1 Å². The van der Waals surface area contributed by atoms with Crippen molar-refractivity contribution in [1.29, 1.82) is 0 Å². The minimum atomic E-state index is 1.15. The molecule has 1 fully saturated rings. The summed E-state index contributed by atoms with van der Waals surface area (Å²) in [6.07, 6.45) is 3.87. The number of allylic oxidation sites excluding steroid dienone is 1. The monoisotopic (exact) mass is 199 g/mol. The maximum atomic E-state index is 2.57. The molecule has 15 heavy (non-hydrogen) atoms. The number of nitrogens with zero attached hydrogens (tertiary/aromatic N) is 1. The zero-order valence-electron chi connectivity index (χ0n) is 9.29. The molecule has 0 atom stereocenters. The molecule has 78 valence electrons. The van der Waals surface area contributed by atoms with Crippen LogP contribution >= 0.6 is 0 Å². The Morgan fingerprint density at radius 3 is 2.60 bits per heavy atom. The Bertz CT molecular complexity index is 411. The molecule has 1 heteroatoms. The summed E-state index contributed by atoms with van der Waals surface area (Å²) < 4.78 is 0. The number of hydrogen-bond donors (Lipinski definition) is 0. The van der Waals surface area contributed by atoms with Gasteiger partial charge in [0.1, 0.15) is 0 Å². The lowest BCUT2D eigenvalue weighted by molar-refractivity contribution is 0.491. The molecule has 0 bridgehead atoms. The first kappa shape index (κ1) is 9.02. The summed E-state index contributed by atoms with van der Waals surface area (Å²) in [5.41, 5.74) is 6.08. The fraction of sp³-hybridized carbons (Fsp3) is 0.429. The molecular formula is C14H17N. The number of likely N-dealkylation sites (tertiary alicyclic amines) is 1. The van der Waals surface area contributed by atoms with Crippen molar-refractivity contribution >= 4 is 5.70 Å². The van der Waals surface area contributed by atoms with Gasteiger partial charge in [0, 0.05) is 24.4 Å². The van der Waals surface area contributed by atoms with Gasteiger partial charge in [-0.1, -0.05) is 24.3 Å². The third-order valence-corrected chi connectivity index (χ3v) is 3.55. The van der Waals surface area contributed by atoms with Crippen molar-refractivity contribution in [2.24, 2.45) is 0 Å². The summed E-state index contributed by atoms with van der Waals surface area (Å²) >= 11 is 0. The van der Waals surface area contributed by atoms with Gasteiger partial charge in [-0.15, -0.1) is 0 Å². The Kier molecular flexibility index (Phi) is 2.05. The third kappa shape index (κ3) is 1.38. The summed E-state index contributed by atoms with van der Waals surface area (Å²) in [5, 5.41) is 0. The van der Waals surface area contributed by atoms with E-state index >= 15 is 0 Å². The van der Waals surface area contributed by atoms with E-state index in [-0.39, 0.29) is 0 Å². The van der Waals surface area contributed by atoms with E-state index in [0.717, 1.165) is 6.42 Å². The van der Waals surface area contributed by atoms with Crippen molar-refractivity contribution in [3.8, 4) is 0 Å². The molecule has 1 aliphatic heterocycles. The molecular weight excluding hydrogens is 182 g/mol. The molecule has 1 aromatic carbocycles. The minimum absolute atomic E-state index is 1.15. The highest BCUT2D eigenvalue weighted by Crippen LogP contribution is 2.36. The van der Waals surface area contributed by atoms with Crippen LogP contribution in [0.15, 0.2) is 29.8 Å². The molecule has 0 saturated carbocycles. The molecule has 0 aromatic heterocycles. The quantitative estimate of drug-likeness (QED) is 0.672. The maximum absolute atomic E-state index is 2.57. The Morgan fingerprint density at radius 1 is 1.07 bits per heavy atom. The van der Waals surface area contributed by atoms with E-state index in [9.17, 15) is 0 Å². The maximum Gasteiger partial charge on any atom is 0.0435 e. The molecule has 2 aliphatic rings. The largest absolute Gasteiger partial charge is 0.371 e. The predicted molar refractivity (Wildman–Crippen MR) is 63.5 cm³/mol. The first-order chi connectivity index (χ1) is 7.36. The molecule has 1 aliphatic carbocycles. The molecule has 0 radical (unpaired) electrons. The van der Waals surface area contributed by atoms with Crippen LogP contribution in [0.4, 0.5) is 0 Å². The average Bonchev–Trinajstić information content (AvgIpc) is 2.82. The molecule has 1 aromatic rings. The first-order valence-corrected chi connectivity index (χ1v) is 5.89. The van der Waals surface area contributed by atoms with E-state index in [1.165, 1.54) is 42.8 Å². The van der Waals surface area contributed by atoms with Gasteiger partial charge < -0.3 is 4.90 Å². The van der Waals surface area contributed by atoms with Crippen LogP contribution < -0.4 is 0 Å². The summed E-state index contributed by atoms with van der Waals surface area (Å²) in [4.78, 5) is 2.57. The van der Waals surface area contributed by atoms with Gasteiger partial charge in [-0.25, -0.2) is 0 Å². The smallest absolute Gasteiger partial charge is 0.0435 e. The fourth-order valence-electron chi connectivity index (χ4n) is 2.89. The number of benzene rings is 1. The van der Waals surface area contributed by atoms with Gasteiger partial charge in [0.05, 0.1) is 0 Å². The topological polar surface area (TPSA) is 3.24 Å². The highest BCUT2D eigenvalue weighted by atomic mass is 15.2. The number of fused-ring (bicyclic) bond motifs is 1. The molecule has 0 amide bonds. The second-order valence-electron chi connectivity index (χ2n) is 4.66. The standard InChI is InChI=1S/C14H17N/c1-11-10-12-6-2-3-7-13(12)14(11)15-8-4-5-9-15/h2-3,6-7H,4-5,8-10H2,1H3. The molecule has 3 rings (SSSR count). The highest BCUT2D eigenvalue weighted by Gasteiger charge is 2.24. The van der Waals surface area contributed by atoms with E-state index in [0.29, 0.717) is 0 Å². The van der Waals surface area contributed by atoms with Gasteiger partial charge in [-0.3, -0.25) is 0 Å². The van der Waals surface area contributed by atoms with E-state index < -0.39 is 0 Å². The van der Waals surface area contributed by atoms with E-state index in [1.54, 1.807) is 5.57 Å². The van der Waals surface area contributed by atoms with Crippen LogP contribution in [0, 0.1) is 0 Å². The van der Waals surface area contributed by atoms with Crippen LogP contribution in [-0.2, 0) is 6.42 Å². The predicted octanol–water partition coefficient (Wildman–Crippen LogP) is 3.07. The average molecular weight is 199 g/mol. The van der Waals surface area contributed by atoms with Crippen molar-refractivity contribution < 1.29 is 0 Å². The van der Waals surface area contributed by atoms with Crippen LogP contribution in [0.3, 0.4) is 0 Å². The third-order valence-electron chi connectivity index (χ3n) is 3.55. The molecule has 1 nitrogen and oxygen atoms in total. The summed E-state index contributed by atoms with van der Waals surface area (Å²) in [5.74, 6) is 0. The SMILES string of the molecule is CC1=C(N2CCCC2)c2ccccc2C1. The molecule has 0 N–H and O–H groups in total. The minimum Gasteiger partial charge on any atom is -0.371 e. The van der Waals surface area contributed by atoms with Crippen molar-refractivity contribution in [2.75, 3.05) is 13.1 Å². The molecule has 0 spiro atoms. The van der Waals surface area contributed by atoms with Crippen LogP contribution in [0.2, 0.25) is 0 Å². The summed E-state index contributed by atoms with van der Waals surface area (Å²) in [6, 6.07) is 8.86. The normalized spacial score (nSPS) is 19.9. The zero-order valence-corrected chi connectivity index (χ0v) is 9.29. The molecule has 1 heterocycles. The van der Waals surface area contributed by atoms with Gasteiger partial charge in [-0.2, -0.15) is 0 Å². The van der Waals surface area contributed by atoms with Crippen molar-refractivity contribution in [3.63, 3.8) is 0 Å². The highest BCUT2D eigenvalue weighted by molar-refractivity contribution is 5.74. The number of hydrogen-bond acceptors (Lipinski definition) is 1. The van der Waals surface area contributed by atoms with E-state index in [1.807, 2.05) is 0 Å². The van der Waals surface area contributed by atoms with Crippen molar-refractivity contribution in [3.05, 3.63) is 41.0 Å². The molecule has 1 saturated heterocycles. The first-order valence-electron chi connectivity index (χ1n) is 5.89. The van der Waals surface area contributed by atoms with Crippen LogP contribution in [0.1, 0.15) is 30.9 Å². The fourth-order valence-corrected chi connectivity index (χ4v) is 2.89. The second-order valence-corrected chi connectivity index (χ2v) is 4.66. The lowest BCUT2D eigenvalue weighted by atomic mass is 10.1. The summed E-state index contributed by atoms with van der Waals surface area (Å²) in [7, 11) is 0. The van der Waals surface area contributed by atoms with Gasteiger partial charge in [0.15, 0.2) is 0 Å². The Morgan fingerprint density at radius 2 is 1.80 bits per heavy atom. The molecule has 0 unspecified atom stereocenters. The number of rotatable bonds is 1. The van der Waals surface area contributed by atoms with Gasteiger partial charge >= 0.3 is 0 Å². The van der Waals surface area contributed by atoms with Crippen LogP contribution in [-0.4, -0.2) is 18.0 Å². The van der Waals surface area contributed by atoms with Crippen molar-refractivity contribution in [1.82, 2.24) is 4.90 Å².